The lowest BCUT2D eigenvalue weighted by atomic mass is 9.66. The van der Waals surface area contributed by atoms with Crippen LogP contribution >= 0.6 is 0 Å². The smallest absolute Gasteiger partial charge is 0.119 e. The predicted molar refractivity (Wildman–Crippen MR) is 169 cm³/mol. The molecule has 0 fully saturated rings. The molecule has 1 unspecified atom stereocenters. The molecule has 4 N–H and O–H groups in total. The number of benzene rings is 3. The second-order valence-electron chi connectivity index (χ2n) is 12.1. The minimum Gasteiger partial charge on any atom is -0.493 e. The summed E-state index contributed by atoms with van der Waals surface area (Å²) in [5.41, 5.74) is 5.28. The van der Waals surface area contributed by atoms with Crippen molar-refractivity contribution in [2.45, 2.75) is 44.6 Å². The molecular formula is C37H44O6. The SMILES string of the molecule is CCC(CO)(CO)COc1ccc(C2(C3=CCC(OCC(CC)(CO)CO)C=C3)c3ccccc3-c3ccccc32)cc1. The Balaban J connectivity index is 1.51. The van der Waals surface area contributed by atoms with Crippen LogP contribution in [0.25, 0.3) is 11.1 Å². The first-order chi connectivity index (χ1) is 20.9. The molecule has 2 aliphatic carbocycles. The van der Waals surface area contributed by atoms with E-state index in [0.29, 0.717) is 31.6 Å². The van der Waals surface area contributed by atoms with E-state index in [2.05, 4.69) is 78.9 Å². The van der Waals surface area contributed by atoms with E-state index in [9.17, 15) is 20.4 Å². The summed E-state index contributed by atoms with van der Waals surface area (Å²) in [4.78, 5) is 0. The minimum absolute atomic E-state index is 0.118. The molecular weight excluding hydrogens is 540 g/mol. The van der Waals surface area contributed by atoms with Crippen LogP contribution in [-0.4, -0.2) is 66.2 Å². The van der Waals surface area contributed by atoms with Crippen molar-refractivity contribution in [2.75, 3.05) is 39.6 Å². The second kappa shape index (κ2) is 13.2. The zero-order valence-electron chi connectivity index (χ0n) is 25.2. The average molecular weight is 585 g/mol. The molecule has 0 aromatic heterocycles. The van der Waals surface area contributed by atoms with Crippen LogP contribution in [0.1, 0.15) is 49.8 Å². The lowest BCUT2D eigenvalue weighted by molar-refractivity contribution is -0.0460. The number of hydrogen-bond acceptors (Lipinski definition) is 6. The normalized spacial score (nSPS) is 17.3. The van der Waals surface area contributed by atoms with E-state index < -0.39 is 16.2 Å². The van der Waals surface area contributed by atoms with E-state index in [4.69, 9.17) is 9.47 Å². The fourth-order valence-corrected chi connectivity index (χ4v) is 6.28. The van der Waals surface area contributed by atoms with Gasteiger partial charge < -0.3 is 29.9 Å². The van der Waals surface area contributed by atoms with Crippen LogP contribution in [0.5, 0.6) is 5.75 Å². The average Bonchev–Trinajstić information content (AvgIpc) is 3.38. The molecule has 0 amide bonds. The minimum atomic E-state index is -0.676. The number of hydrogen-bond donors (Lipinski definition) is 4. The highest BCUT2D eigenvalue weighted by Gasteiger charge is 2.47. The maximum absolute atomic E-state index is 9.87. The van der Waals surface area contributed by atoms with Crippen LogP contribution in [0.4, 0.5) is 0 Å². The van der Waals surface area contributed by atoms with Gasteiger partial charge in [0.1, 0.15) is 5.75 Å². The van der Waals surface area contributed by atoms with Crippen molar-refractivity contribution >= 4 is 0 Å². The van der Waals surface area contributed by atoms with Crippen LogP contribution < -0.4 is 4.74 Å². The van der Waals surface area contributed by atoms with Gasteiger partial charge in [-0.1, -0.05) is 92.7 Å². The number of fused-ring (bicyclic) bond motifs is 3. The summed E-state index contributed by atoms with van der Waals surface area (Å²) in [6.45, 7) is 3.91. The molecule has 0 saturated heterocycles. The summed E-state index contributed by atoms with van der Waals surface area (Å²) in [5, 5.41) is 39.4. The van der Waals surface area contributed by atoms with E-state index in [1.165, 1.54) is 22.3 Å². The highest BCUT2D eigenvalue weighted by atomic mass is 16.5. The molecule has 43 heavy (non-hydrogen) atoms. The summed E-state index contributed by atoms with van der Waals surface area (Å²) in [6, 6.07) is 25.4. The fraction of sp³-hybridized carbons (Fsp3) is 0.405. The molecule has 2 aliphatic rings. The highest BCUT2D eigenvalue weighted by molar-refractivity contribution is 5.86. The van der Waals surface area contributed by atoms with Gasteiger partial charge in [-0.05, 0) is 64.8 Å². The van der Waals surface area contributed by atoms with Crippen LogP contribution in [0, 0.1) is 10.8 Å². The number of rotatable bonds is 14. The van der Waals surface area contributed by atoms with Gasteiger partial charge in [-0.2, -0.15) is 0 Å². The van der Waals surface area contributed by atoms with Gasteiger partial charge in [0, 0.05) is 5.41 Å². The van der Waals surface area contributed by atoms with Crippen LogP contribution in [0.15, 0.2) is 96.6 Å². The number of ether oxygens (including phenoxy) is 2. The number of aliphatic hydroxyl groups is 4. The summed E-state index contributed by atoms with van der Waals surface area (Å²) >= 11 is 0. The largest absolute Gasteiger partial charge is 0.493 e. The van der Waals surface area contributed by atoms with Crippen LogP contribution in [0.2, 0.25) is 0 Å². The summed E-state index contributed by atoms with van der Waals surface area (Å²) in [7, 11) is 0. The molecule has 0 aliphatic heterocycles. The third kappa shape index (κ3) is 5.59. The standard InChI is InChI=1S/C37H44O6/c1-3-35(21-38,22-39)25-42-29-17-13-27(14-18-29)37(33-11-7-5-9-31(33)32-10-6-8-12-34(32)37)28-15-19-30(20-16-28)43-26-36(4-2,23-40)24-41/h5-19,30,38-41H,3-4,20-26H2,1-2H3. The van der Waals surface area contributed by atoms with Crippen molar-refractivity contribution in [3.05, 3.63) is 113 Å². The molecule has 0 heterocycles. The Bertz CT molecular complexity index is 1370. The third-order valence-corrected chi connectivity index (χ3v) is 9.72. The Kier molecular flexibility index (Phi) is 9.54. The maximum Gasteiger partial charge on any atom is 0.119 e. The number of allylic oxidation sites excluding steroid dienone is 2. The Morgan fingerprint density at radius 1 is 0.721 bits per heavy atom. The van der Waals surface area contributed by atoms with Gasteiger partial charge in [0.15, 0.2) is 0 Å². The molecule has 6 nitrogen and oxygen atoms in total. The zero-order chi connectivity index (χ0) is 30.5. The van der Waals surface area contributed by atoms with Crippen molar-refractivity contribution < 1.29 is 29.9 Å². The maximum atomic E-state index is 9.87. The van der Waals surface area contributed by atoms with E-state index in [-0.39, 0.29) is 39.1 Å². The molecule has 228 valence electrons. The number of aliphatic hydroxyl groups excluding tert-OH is 4. The van der Waals surface area contributed by atoms with Crippen LogP contribution in [0.3, 0.4) is 0 Å². The summed E-state index contributed by atoms with van der Waals surface area (Å²) in [5.74, 6) is 0.687. The van der Waals surface area contributed by atoms with Gasteiger partial charge in [-0.15, -0.1) is 0 Å². The molecule has 0 bridgehead atoms. The van der Waals surface area contributed by atoms with E-state index in [0.717, 1.165) is 11.1 Å². The Hall–Kier alpha value is -3.26. The summed E-state index contributed by atoms with van der Waals surface area (Å²) < 4.78 is 12.3. The predicted octanol–water partition coefficient (Wildman–Crippen LogP) is 5.41. The first kappa shape index (κ1) is 31.2. The van der Waals surface area contributed by atoms with E-state index >= 15 is 0 Å². The fourth-order valence-electron chi connectivity index (χ4n) is 6.28. The highest BCUT2D eigenvalue weighted by Crippen LogP contribution is 2.57. The first-order valence-electron chi connectivity index (χ1n) is 15.3. The molecule has 0 spiro atoms. The van der Waals surface area contributed by atoms with Gasteiger partial charge >= 0.3 is 0 Å². The quantitative estimate of drug-likeness (QED) is 0.202. The molecule has 1 atom stereocenters. The van der Waals surface area contributed by atoms with Crippen molar-refractivity contribution in [1.82, 2.24) is 0 Å². The van der Waals surface area contributed by atoms with Gasteiger partial charge in [0.05, 0.1) is 56.6 Å². The van der Waals surface area contributed by atoms with Crippen molar-refractivity contribution in [2.24, 2.45) is 10.8 Å². The molecule has 0 radical (unpaired) electrons. The lowest BCUT2D eigenvalue weighted by Crippen LogP contribution is -2.36. The van der Waals surface area contributed by atoms with Gasteiger partial charge in [0.2, 0.25) is 0 Å². The summed E-state index contributed by atoms with van der Waals surface area (Å²) in [6.07, 6.45) is 8.30. The Morgan fingerprint density at radius 3 is 1.74 bits per heavy atom. The van der Waals surface area contributed by atoms with E-state index in [1.807, 2.05) is 26.0 Å². The molecule has 3 aromatic carbocycles. The molecule has 6 heteroatoms. The van der Waals surface area contributed by atoms with Crippen molar-refractivity contribution in [3.63, 3.8) is 0 Å². The lowest BCUT2D eigenvalue weighted by Gasteiger charge is -2.37. The molecule has 5 rings (SSSR count). The van der Waals surface area contributed by atoms with Gasteiger partial charge in [0.25, 0.3) is 0 Å². The van der Waals surface area contributed by atoms with Gasteiger partial charge in [-0.3, -0.25) is 0 Å². The molecule has 0 saturated carbocycles. The van der Waals surface area contributed by atoms with Crippen LogP contribution in [-0.2, 0) is 10.2 Å². The second-order valence-corrected chi connectivity index (χ2v) is 12.1. The Labute approximate surface area is 254 Å². The molecule has 3 aromatic rings. The topological polar surface area (TPSA) is 99.4 Å². The third-order valence-electron chi connectivity index (χ3n) is 9.72. The Morgan fingerprint density at radius 2 is 1.26 bits per heavy atom. The van der Waals surface area contributed by atoms with Crippen molar-refractivity contribution in [3.8, 4) is 16.9 Å². The monoisotopic (exact) mass is 584 g/mol. The first-order valence-corrected chi connectivity index (χ1v) is 15.3. The zero-order valence-corrected chi connectivity index (χ0v) is 25.2. The van der Waals surface area contributed by atoms with Crippen molar-refractivity contribution in [1.29, 1.82) is 0 Å². The van der Waals surface area contributed by atoms with E-state index in [1.54, 1.807) is 0 Å². The van der Waals surface area contributed by atoms with Gasteiger partial charge in [-0.25, -0.2) is 0 Å².